The SMILES string of the molecule is C=C1C(=O)O[C@@H]2/C=C(\C)CC[C@H]3O[C@@]3(CO)C[C@@H](OC(=O)/C(C)=C/C)[C@@H]12. The summed E-state index contributed by atoms with van der Waals surface area (Å²) in [4.78, 5) is 24.5. The topological polar surface area (TPSA) is 85.4 Å². The summed E-state index contributed by atoms with van der Waals surface area (Å²) in [5.74, 6) is -1.41. The number of fused-ring (bicyclic) bond motifs is 2. The van der Waals surface area contributed by atoms with Gasteiger partial charge in [0.05, 0.1) is 18.6 Å². The molecule has 1 aliphatic carbocycles. The van der Waals surface area contributed by atoms with Gasteiger partial charge in [-0.1, -0.05) is 18.2 Å². The molecule has 0 aromatic rings. The van der Waals surface area contributed by atoms with Gasteiger partial charge in [0.1, 0.15) is 17.8 Å². The maximum absolute atomic E-state index is 12.4. The lowest BCUT2D eigenvalue weighted by molar-refractivity contribution is -0.148. The number of carbonyl (C=O) groups excluding carboxylic acids is 2. The van der Waals surface area contributed by atoms with Gasteiger partial charge >= 0.3 is 11.9 Å². The summed E-state index contributed by atoms with van der Waals surface area (Å²) in [6, 6.07) is 0. The highest BCUT2D eigenvalue weighted by Gasteiger charge is 2.59. The molecule has 3 rings (SSSR count). The zero-order valence-electron chi connectivity index (χ0n) is 15.5. The Labute approximate surface area is 153 Å². The van der Waals surface area contributed by atoms with Crippen LogP contribution in [0.25, 0.3) is 0 Å². The molecule has 0 saturated carbocycles. The van der Waals surface area contributed by atoms with Gasteiger partial charge in [-0.2, -0.15) is 0 Å². The molecular formula is C20H26O6. The Morgan fingerprint density at radius 1 is 1.54 bits per heavy atom. The summed E-state index contributed by atoms with van der Waals surface area (Å²) < 4.78 is 17.0. The van der Waals surface area contributed by atoms with E-state index in [1.165, 1.54) is 0 Å². The highest BCUT2D eigenvalue weighted by atomic mass is 16.6. The minimum Gasteiger partial charge on any atom is -0.458 e. The maximum Gasteiger partial charge on any atom is 0.334 e. The van der Waals surface area contributed by atoms with Crippen molar-refractivity contribution < 1.29 is 28.9 Å². The van der Waals surface area contributed by atoms with Crippen molar-refractivity contribution in [2.75, 3.05) is 6.61 Å². The third-order valence-corrected chi connectivity index (χ3v) is 5.65. The first-order valence-electron chi connectivity index (χ1n) is 9.01. The monoisotopic (exact) mass is 362 g/mol. The van der Waals surface area contributed by atoms with Crippen LogP contribution in [0.2, 0.25) is 0 Å². The summed E-state index contributed by atoms with van der Waals surface area (Å²) in [6.45, 7) is 9.12. The predicted molar refractivity (Wildman–Crippen MR) is 94.1 cm³/mol. The van der Waals surface area contributed by atoms with E-state index in [4.69, 9.17) is 14.2 Å². The van der Waals surface area contributed by atoms with Crippen LogP contribution in [0.15, 0.2) is 35.5 Å². The van der Waals surface area contributed by atoms with Crippen LogP contribution >= 0.6 is 0 Å². The van der Waals surface area contributed by atoms with Crippen LogP contribution in [0.5, 0.6) is 0 Å². The van der Waals surface area contributed by atoms with Gasteiger partial charge in [0.2, 0.25) is 0 Å². The lowest BCUT2D eigenvalue weighted by atomic mass is 9.82. The summed E-state index contributed by atoms with van der Waals surface area (Å²) >= 11 is 0. The fraction of sp³-hybridized carbons (Fsp3) is 0.600. The molecule has 0 unspecified atom stereocenters. The quantitative estimate of drug-likeness (QED) is 0.359. The van der Waals surface area contributed by atoms with Crippen LogP contribution < -0.4 is 0 Å². The zero-order valence-corrected chi connectivity index (χ0v) is 15.5. The van der Waals surface area contributed by atoms with Gasteiger partial charge < -0.3 is 19.3 Å². The van der Waals surface area contributed by atoms with Crippen LogP contribution in [-0.4, -0.2) is 47.6 Å². The maximum atomic E-state index is 12.4. The highest BCUT2D eigenvalue weighted by molar-refractivity contribution is 5.92. The number of hydrogen-bond acceptors (Lipinski definition) is 6. The first kappa shape index (κ1) is 18.9. The molecule has 2 saturated heterocycles. The molecule has 142 valence electrons. The van der Waals surface area contributed by atoms with Crippen molar-refractivity contribution in [3.63, 3.8) is 0 Å². The average molecular weight is 362 g/mol. The normalized spacial score (nSPS) is 39.2. The van der Waals surface area contributed by atoms with E-state index < -0.39 is 35.7 Å². The molecule has 0 aromatic heterocycles. The Bertz CT molecular complexity index is 690. The Morgan fingerprint density at radius 2 is 2.27 bits per heavy atom. The number of aliphatic hydroxyl groups excluding tert-OH is 1. The zero-order chi connectivity index (χ0) is 19.1. The second-order valence-corrected chi connectivity index (χ2v) is 7.42. The van der Waals surface area contributed by atoms with Crippen LogP contribution in [-0.2, 0) is 23.8 Å². The Hall–Kier alpha value is -1.92. The lowest BCUT2D eigenvalue weighted by Gasteiger charge is -2.29. The van der Waals surface area contributed by atoms with Gasteiger partial charge in [-0.15, -0.1) is 0 Å². The minimum atomic E-state index is -0.733. The molecule has 6 heteroatoms. The van der Waals surface area contributed by atoms with Crippen LogP contribution in [0, 0.1) is 5.92 Å². The van der Waals surface area contributed by atoms with Gasteiger partial charge in [-0.3, -0.25) is 0 Å². The van der Waals surface area contributed by atoms with E-state index in [-0.39, 0.29) is 12.7 Å². The lowest BCUT2D eigenvalue weighted by Crippen LogP contribution is -2.39. The van der Waals surface area contributed by atoms with E-state index in [1.807, 2.05) is 13.0 Å². The fourth-order valence-electron chi connectivity index (χ4n) is 3.79. The first-order chi connectivity index (χ1) is 12.3. The number of rotatable bonds is 3. The molecule has 0 radical (unpaired) electrons. The van der Waals surface area contributed by atoms with E-state index in [0.717, 1.165) is 18.4 Å². The van der Waals surface area contributed by atoms with E-state index in [2.05, 4.69) is 6.58 Å². The fourth-order valence-corrected chi connectivity index (χ4v) is 3.79. The molecule has 0 bridgehead atoms. The molecule has 5 atom stereocenters. The van der Waals surface area contributed by atoms with Gasteiger partial charge in [-0.05, 0) is 39.7 Å². The smallest absolute Gasteiger partial charge is 0.334 e. The van der Waals surface area contributed by atoms with Crippen LogP contribution in [0.1, 0.15) is 40.0 Å². The van der Waals surface area contributed by atoms with E-state index in [0.29, 0.717) is 17.6 Å². The number of hydrogen-bond donors (Lipinski definition) is 1. The first-order valence-corrected chi connectivity index (χ1v) is 9.01. The molecular weight excluding hydrogens is 336 g/mol. The Balaban J connectivity index is 1.97. The third-order valence-electron chi connectivity index (χ3n) is 5.65. The number of aliphatic hydroxyl groups is 1. The minimum absolute atomic E-state index is 0.0808. The number of esters is 2. The molecule has 2 heterocycles. The highest BCUT2D eigenvalue weighted by Crippen LogP contribution is 2.48. The predicted octanol–water partition coefficient (Wildman–Crippen LogP) is 2.22. The summed E-state index contributed by atoms with van der Waals surface area (Å²) in [5.41, 5.74) is 1.11. The van der Waals surface area contributed by atoms with Crippen molar-refractivity contribution in [1.29, 1.82) is 0 Å². The Kier molecular flexibility index (Phi) is 5.08. The molecule has 1 N–H and O–H groups in total. The van der Waals surface area contributed by atoms with E-state index in [1.54, 1.807) is 19.9 Å². The second kappa shape index (κ2) is 7.00. The molecule has 2 fully saturated rings. The van der Waals surface area contributed by atoms with Crippen molar-refractivity contribution in [3.8, 4) is 0 Å². The van der Waals surface area contributed by atoms with Crippen LogP contribution in [0.3, 0.4) is 0 Å². The van der Waals surface area contributed by atoms with Crippen molar-refractivity contribution >= 4 is 11.9 Å². The van der Waals surface area contributed by atoms with Gasteiger partial charge in [-0.25, -0.2) is 9.59 Å². The average Bonchev–Trinajstić information content (AvgIpc) is 3.23. The third kappa shape index (κ3) is 3.35. The standard InChI is InChI=1S/C20H26O6/c1-5-12(3)18(22)25-15-9-20(10-21)16(26-20)7-6-11(2)8-14-17(15)13(4)19(23)24-14/h5,8,14-17,21H,4,6-7,9-10H2,1-3H3/b11-8+,12-5+/t14-,15-,16-,17+,20-/m1/s1. The molecule has 0 aromatic carbocycles. The van der Waals surface area contributed by atoms with Crippen molar-refractivity contribution in [2.45, 2.75) is 63.9 Å². The van der Waals surface area contributed by atoms with Crippen molar-refractivity contribution in [3.05, 3.63) is 35.5 Å². The number of ether oxygens (including phenoxy) is 3. The van der Waals surface area contributed by atoms with Gasteiger partial charge in [0.15, 0.2) is 0 Å². The molecule has 26 heavy (non-hydrogen) atoms. The van der Waals surface area contributed by atoms with Gasteiger partial charge in [0, 0.05) is 17.6 Å². The molecule has 6 nitrogen and oxygen atoms in total. The summed E-state index contributed by atoms with van der Waals surface area (Å²) in [7, 11) is 0. The molecule has 2 aliphatic heterocycles. The van der Waals surface area contributed by atoms with E-state index >= 15 is 0 Å². The summed E-state index contributed by atoms with van der Waals surface area (Å²) in [5, 5.41) is 9.89. The van der Waals surface area contributed by atoms with Crippen molar-refractivity contribution in [1.82, 2.24) is 0 Å². The second-order valence-electron chi connectivity index (χ2n) is 7.42. The molecule has 0 spiro atoms. The van der Waals surface area contributed by atoms with E-state index in [9.17, 15) is 14.7 Å². The molecule has 0 amide bonds. The summed E-state index contributed by atoms with van der Waals surface area (Å²) in [6.07, 6.45) is 4.19. The molecule has 3 aliphatic rings. The number of carbonyl (C=O) groups is 2. The number of allylic oxidation sites excluding steroid dienone is 2. The Morgan fingerprint density at radius 3 is 2.92 bits per heavy atom. The van der Waals surface area contributed by atoms with Crippen molar-refractivity contribution in [2.24, 2.45) is 5.92 Å². The number of epoxide rings is 1. The largest absolute Gasteiger partial charge is 0.458 e. The van der Waals surface area contributed by atoms with Crippen LogP contribution in [0.4, 0.5) is 0 Å². The van der Waals surface area contributed by atoms with Gasteiger partial charge in [0.25, 0.3) is 0 Å².